The van der Waals surface area contributed by atoms with Crippen molar-refractivity contribution >= 4 is 15.7 Å². The molecule has 0 bridgehead atoms. The number of rotatable bonds is 6. The number of halogens is 3. The van der Waals surface area contributed by atoms with E-state index < -0.39 is 55.2 Å². The van der Waals surface area contributed by atoms with Crippen molar-refractivity contribution in [2.24, 2.45) is 13.0 Å². The highest BCUT2D eigenvalue weighted by molar-refractivity contribution is 7.92. The van der Waals surface area contributed by atoms with E-state index in [1.807, 2.05) is 6.07 Å². The first-order chi connectivity index (χ1) is 15.9. The predicted octanol–water partition coefficient (Wildman–Crippen LogP) is 2.85. The van der Waals surface area contributed by atoms with E-state index in [9.17, 15) is 31.6 Å². The minimum Gasteiger partial charge on any atom is -0.381 e. The van der Waals surface area contributed by atoms with Crippen molar-refractivity contribution in [2.45, 2.75) is 53.6 Å². The molecule has 12 heteroatoms. The van der Waals surface area contributed by atoms with Gasteiger partial charge in [0.25, 0.3) is 0 Å². The van der Waals surface area contributed by atoms with Crippen LogP contribution in [0.15, 0.2) is 35.4 Å². The van der Waals surface area contributed by atoms with Crippen LogP contribution in [-0.4, -0.2) is 48.1 Å². The van der Waals surface area contributed by atoms with Gasteiger partial charge in [0, 0.05) is 25.9 Å². The molecule has 2 aliphatic carbocycles. The molecular formula is C22H23F3N4O4S. The maximum absolute atomic E-state index is 14.0. The summed E-state index contributed by atoms with van der Waals surface area (Å²) in [6.07, 6.45) is -3.61. The van der Waals surface area contributed by atoms with Crippen molar-refractivity contribution < 1.29 is 31.1 Å². The molecule has 34 heavy (non-hydrogen) atoms. The van der Waals surface area contributed by atoms with Gasteiger partial charge in [0.1, 0.15) is 5.54 Å². The van der Waals surface area contributed by atoms with E-state index in [0.717, 1.165) is 12.1 Å². The van der Waals surface area contributed by atoms with E-state index in [2.05, 4.69) is 10.4 Å². The van der Waals surface area contributed by atoms with Gasteiger partial charge in [0.2, 0.25) is 5.91 Å². The van der Waals surface area contributed by atoms with Crippen LogP contribution < -0.4 is 5.32 Å². The zero-order valence-electron chi connectivity index (χ0n) is 18.5. The third-order valence-electron chi connectivity index (χ3n) is 6.57. The summed E-state index contributed by atoms with van der Waals surface area (Å²) in [6.45, 7) is 0. The molecule has 0 aliphatic heterocycles. The number of benzene rings is 1. The Hall–Kier alpha value is -2.91. The fourth-order valence-electron chi connectivity index (χ4n) is 4.46. The number of hydrogen-bond donors (Lipinski definition) is 1. The van der Waals surface area contributed by atoms with Crippen LogP contribution in [0.5, 0.6) is 0 Å². The fraction of sp³-hybridized carbons (Fsp3) is 0.500. The van der Waals surface area contributed by atoms with Crippen molar-refractivity contribution in [2.75, 3.05) is 7.11 Å². The molecule has 0 spiro atoms. The Labute approximate surface area is 194 Å². The van der Waals surface area contributed by atoms with Crippen LogP contribution in [0.2, 0.25) is 0 Å². The first-order valence-electron chi connectivity index (χ1n) is 10.6. The molecule has 1 amide bonds. The molecule has 8 nitrogen and oxygen atoms in total. The van der Waals surface area contributed by atoms with E-state index >= 15 is 0 Å². The highest BCUT2D eigenvalue weighted by Crippen LogP contribution is 2.43. The summed E-state index contributed by atoms with van der Waals surface area (Å²) < 4.78 is 75.4. The molecule has 1 aromatic carbocycles. The molecule has 1 N–H and O–H groups in total. The number of methoxy groups -OCH3 is 1. The SMILES string of the molecule is COC1CC(S(=O)(=O)c2ccc(-c3ccnn3C)cc2C(F)(F)F)CC1C(=O)NC1(C#N)CC1. The number of carbonyl (C=O) groups excluding carboxylic acids is 1. The minimum atomic E-state index is -4.92. The lowest BCUT2D eigenvalue weighted by atomic mass is 10.0. The smallest absolute Gasteiger partial charge is 0.381 e. The molecule has 3 atom stereocenters. The predicted molar refractivity (Wildman–Crippen MR) is 114 cm³/mol. The number of ether oxygens (including phenoxy) is 1. The van der Waals surface area contributed by atoms with Gasteiger partial charge in [-0.1, -0.05) is 6.07 Å². The number of nitrogens with one attached hydrogen (secondary N) is 1. The Balaban J connectivity index is 1.67. The molecule has 2 fully saturated rings. The van der Waals surface area contributed by atoms with Crippen LogP contribution in [0.3, 0.4) is 0 Å². The summed E-state index contributed by atoms with van der Waals surface area (Å²) in [7, 11) is -1.57. The van der Waals surface area contributed by atoms with Gasteiger partial charge < -0.3 is 10.1 Å². The fourth-order valence-corrected chi connectivity index (χ4v) is 6.46. The van der Waals surface area contributed by atoms with Crippen molar-refractivity contribution in [3.05, 3.63) is 36.0 Å². The molecule has 4 rings (SSSR count). The molecule has 0 saturated heterocycles. The summed E-state index contributed by atoms with van der Waals surface area (Å²) >= 11 is 0. The quantitative estimate of drug-likeness (QED) is 0.658. The zero-order valence-corrected chi connectivity index (χ0v) is 19.3. The summed E-state index contributed by atoms with van der Waals surface area (Å²) in [5.74, 6) is -1.41. The van der Waals surface area contributed by atoms with Gasteiger partial charge in [-0.25, -0.2) is 8.42 Å². The summed E-state index contributed by atoms with van der Waals surface area (Å²) in [6, 6.07) is 6.64. The highest BCUT2D eigenvalue weighted by atomic mass is 32.2. The number of sulfone groups is 1. The molecule has 2 saturated carbocycles. The van der Waals surface area contributed by atoms with Gasteiger partial charge in [-0.15, -0.1) is 0 Å². The molecule has 2 aliphatic rings. The number of nitriles is 1. The van der Waals surface area contributed by atoms with Gasteiger partial charge in [-0.3, -0.25) is 9.48 Å². The number of aryl methyl sites for hydroxylation is 1. The number of aromatic nitrogens is 2. The van der Waals surface area contributed by atoms with E-state index in [1.54, 1.807) is 7.05 Å². The second kappa shape index (κ2) is 8.39. The van der Waals surface area contributed by atoms with Crippen molar-refractivity contribution in [3.63, 3.8) is 0 Å². The topological polar surface area (TPSA) is 114 Å². The standard InChI is InChI=1S/C22H23F3N4O4S/c1-29-17(5-8-27-29)13-3-4-19(16(9-13)22(23,24)25)34(31,32)14-10-15(18(11-14)33-2)20(30)28-21(12-26)6-7-21/h3-5,8-9,14-15,18H,6-7,10-11H2,1-2H3,(H,28,30). The summed E-state index contributed by atoms with van der Waals surface area (Å²) in [5, 5.41) is 14.5. The number of hydrogen-bond acceptors (Lipinski definition) is 6. The molecule has 0 radical (unpaired) electrons. The lowest BCUT2D eigenvalue weighted by Crippen LogP contribution is -2.42. The van der Waals surface area contributed by atoms with Gasteiger partial charge in [0.15, 0.2) is 9.84 Å². The summed E-state index contributed by atoms with van der Waals surface area (Å²) in [4.78, 5) is 11.9. The summed E-state index contributed by atoms with van der Waals surface area (Å²) in [5.41, 5.74) is -1.64. The first kappa shape index (κ1) is 24.2. The number of nitrogens with zero attached hydrogens (tertiary/aromatic N) is 3. The van der Waals surface area contributed by atoms with Crippen LogP contribution in [0.25, 0.3) is 11.3 Å². The van der Waals surface area contributed by atoms with Gasteiger partial charge in [-0.05, 0) is 43.9 Å². The molecule has 1 heterocycles. The van der Waals surface area contributed by atoms with Gasteiger partial charge in [0.05, 0.1) is 39.5 Å². The maximum atomic E-state index is 14.0. The van der Waals surface area contributed by atoms with E-state index in [0.29, 0.717) is 18.5 Å². The molecule has 3 unspecified atom stereocenters. The Morgan fingerprint density at radius 2 is 2.00 bits per heavy atom. The third-order valence-corrected chi connectivity index (χ3v) is 8.81. The minimum absolute atomic E-state index is 0.128. The maximum Gasteiger partial charge on any atom is 0.417 e. The van der Waals surface area contributed by atoms with Crippen LogP contribution in [0, 0.1) is 17.2 Å². The van der Waals surface area contributed by atoms with E-state index in [-0.39, 0.29) is 18.4 Å². The Kier molecular flexibility index (Phi) is 5.98. The highest BCUT2D eigenvalue weighted by Gasteiger charge is 2.51. The van der Waals surface area contributed by atoms with Crippen molar-refractivity contribution in [1.82, 2.24) is 15.1 Å². The monoisotopic (exact) mass is 496 g/mol. The average molecular weight is 497 g/mol. The van der Waals surface area contributed by atoms with Crippen LogP contribution >= 0.6 is 0 Å². The normalized spacial score (nSPS) is 23.9. The largest absolute Gasteiger partial charge is 0.417 e. The zero-order chi connectivity index (χ0) is 24.9. The Morgan fingerprint density at radius 1 is 1.29 bits per heavy atom. The van der Waals surface area contributed by atoms with Crippen LogP contribution in [0.1, 0.15) is 31.2 Å². The number of alkyl halides is 3. The lowest BCUT2D eigenvalue weighted by molar-refractivity contribution is -0.139. The number of amides is 1. The molecule has 182 valence electrons. The van der Waals surface area contributed by atoms with E-state index in [4.69, 9.17) is 4.74 Å². The first-order valence-corrected chi connectivity index (χ1v) is 12.2. The van der Waals surface area contributed by atoms with Crippen molar-refractivity contribution in [3.8, 4) is 17.3 Å². The van der Waals surface area contributed by atoms with Crippen LogP contribution in [0.4, 0.5) is 13.2 Å². The molecular weight excluding hydrogens is 473 g/mol. The van der Waals surface area contributed by atoms with Crippen LogP contribution in [-0.2, 0) is 32.6 Å². The molecule has 1 aromatic heterocycles. The van der Waals surface area contributed by atoms with Gasteiger partial charge in [-0.2, -0.15) is 23.5 Å². The second-order valence-corrected chi connectivity index (χ2v) is 10.9. The van der Waals surface area contributed by atoms with Gasteiger partial charge >= 0.3 is 6.18 Å². The average Bonchev–Trinajstić information content (AvgIpc) is 3.19. The van der Waals surface area contributed by atoms with E-state index in [1.165, 1.54) is 30.1 Å². The Morgan fingerprint density at radius 3 is 2.53 bits per heavy atom. The lowest BCUT2D eigenvalue weighted by Gasteiger charge is -2.19. The third kappa shape index (κ3) is 4.30. The Bertz CT molecular complexity index is 1260. The van der Waals surface area contributed by atoms with Crippen molar-refractivity contribution in [1.29, 1.82) is 5.26 Å². The molecule has 2 aromatic rings. The second-order valence-electron chi connectivity index (χ2n) is 8.75. The number of carbonyl (C=O) groups is 1.